The predicted molar refractivity (Wildman–Crippen MR) is 53.8 cm³/mol. The number of oxime groups is 2. The molecule has 15 heavy (non-hydrogen) atoms. The average molecular weight is 206 g/mol. The lowest BCUT2D eigenvalue weighted by molar-refractivity contribution is -0.0313. The largest absolute Gasteiger partial charge is 0.432 e. The summed E-state index contributed by atoms with van der Waals surface area (Å²) in [5.41, 5.74) is 0.983. The molecule has 5 nitrogen and oxygen atoms in total. The Morgan fingerprint density at radius 3 is 2.67 bits per heavy atom. The van der Waals surface area contributed by atoms with Gasteiger partial charge < -0.3 is 14.8 Å². The topological polar surface area (TPSA) is 63.4 Å². The smallest absolute Gasteiger partial charge is 0.283 e. The molecule has 78 valence electrons. The molecule has 0 saturated heterocycles. The lowest BCUT2D eigenvalue weighted by atomic mass is 10.1. The third-order valence-corrected chi connectivity index (χ3v) is 1.91. The first-order valence-corrected chi connectivity index (χ1v) is 4.49. The molecule has 0 bridgehead atoms. The van der Waals surface area contributed by atoms with Crippen molar-refractivity contribution in [2.45, 2.75) is 13.2 Å². The van der Waals surface area contributed by atoms with Crippen LogP contribution < -0.4 is 0 Å². The number of nitrogens with zero attached hydrogens (tertiary/aromatic N) is 2. The van der Waals surface area contributed by atoms with E-state index in [1.807, 2.05) is 18.2 Å². The summed E-state index contributed by atoms with van der Waals surface area (Å²) in [7, 11) is 0. The van der Waals surface area contributed by atoms with Crippen molar-refractivity contribution in [2.24, 2.45) is 10.3 Å². The second-order valence-electron chi connectivity index (χ2n) is 3.00. The highest BCUT2D eigenvalue weighted by atomic mass is 16.8. The van der Waals surface area contributed by atoms with Gasteiger partial charge in [0.05, 0.1) is 0 Å². The van der Waals surface area contributed by atoms with Gasteiger partial charge in [0.15, 0.2) is 5.71 Å². The molecule has 0 aromatic heterocycles. The van der Waals surface area contributed by atoms with Crippen LogP contribution in [0.25, 0.3) is 0 Å². The van der Waals surface area contributed by atoms with E-state index in [-0.39, 0.29) is 11.6 Å². The van der Waals surface area contributed by atoms with E-state index in [1.54, 1.807) is 19.1 Å². The quantitative estimate of drug-likeness (QED) is 0.454. The summed E-state index contributed by atoms with van der Waals surface area (Å²) in [4.78, 5) is 4.84. The van der Waals surface area contributed by atoms with Crippen LogP contribution in [0.2, 0.25) is 0 Å². The molecule has 1 aliphatic rings. The highest BCUT2D eigenvalue weighted by Crippen LogP contribution is 2.11. The third kappa shape index (κ3) is 1.90. The van der Waals surface area contributed by atoms with Crippen molar-refractivity contribution in [3.63, 3.8) is 0 Å². The van der Waals surface area contributed by atoms with E-state index in [0.717, 1.165) is 5.56 Å². The van der Waals surface area contributed by atoms with E-state index in [1.165, 1.54) is 0 Å². The van der Waals surface area contributed by atoms with Crippen LogP contribution in [0.1, 0.15) is 12.5 Å². The molecule has 0 saturated carbocycles. The maximum atomic E-state index is 8.90. The minimum atomic E-state index is -0.444. The summed E-state index contributed by atoms with van der Waals surface area (Å²) < 4.78 is 5.21. The molecule has 0 fully saturated rings. The number of ether oxygens (including phenoxy) is 1. The molecule has 0 unspecified atom stereocenters. The lowest BCUT2D eigenvalue weighted by Gasteiger charge is -2.04. The van der Waals surface area contributed by atoms with E-state index in [0.29, 0.717) is 0 Å². The van der Waals surface area contributed by atoms with Crippen LogP contribution in [0.5, 0.6) is 0 Å². The van der Waals surface area contributed by atoms with E-state index in [9.17, 15) is 0 Å². The first-order valence-electron chi connectivity index (χ1n) is 4.49. The number of benzene rings is 1. The summed E-state index contributed by atoms with van der Waals surface area (Å²) in [5, 5.41) is 15.7. The van der Waals surface area contributed by atoms with Gasteiger partial charge in [-0.15, -0.1) is 0 Å². The second-order valence-corrected chi connectivity index (χ2v) is 3.00. The zero-order valence-electron chi connectivity index (χ0n) is 8.12. The molecule has 1 heterocycles. The van der Waals surface area contributed by atoms with Crippen LogP contribution >= 0.6 is 0 Å². The van der Waals surface area contributed by atoms with Crippen LogP contribution in [-0.4, -0.2) is 23.1 Å². The molecule has 1 aromatic carbocycles. The molecular weight excluding hydrogens is 196 g/mol. The van der Waals surface area contributed by atoms with Crippen LogP contribution in [0.3, 0.4) is 0 Å². The van der Waals surface area contributed by atoms with Gasteiger partial charge >= 0.3 is 0 Å². The van der Waals surface area contributed by atoms with E-state index in [4.69, 9.17) is 14.8 Å². The van der Waals surface area contributed by atoms with Gasteiger partial charge in [-0.2, -0.15) is 0 Å². The van der Waals surface area contributed by atoms with Crippen LogP contribution in [0.15, 0.2) is 40.6 Å². The highest BCUT2D eigenvalue weighted by molar-refractivity contribution is 6.45. The van der Waals surface area contributed by atoms with Gasteiger partial charge in [-0.05, 0) is 5.16 Å². The average Bonchev–Trinajstić information content (AvgIpc) is 2.68. The summed E-state index contributed by atoms with van der Waals surface area (Å²) >= 11 is 0. The van der Waals surface area contributed by atoms with E-state index >= 15 is 0 Å². The van der Waals surface area contributed by atoms with Crippen molar-refractivity contribution in [1.29, 1.82) is 0 Å². The maximum Gasteiger partial charge on any atom is 0.283 e. The Morgan fingerprint density at radius 2 is 2.13 bits per heavy atom. The number of hydrogen-bond acceptors (Lipinski definition) is 5. The normalized spacial score (nSPS) is 20.5. The van der Waals surface area contributed by atoms with Gasteiger partial charge in [-0.3, -0.25) is 0 Å². The monoisotopic (exact) mass is 206 g/mol. The molecule has 1 N–H and O–H groups in total. The summed E-state index contributed by atoms with van der Waals surface area (Å²) in [6.45, 7) is 1.70. The lowest BCUT2D eigenvalue weighted by Crippen LogP contribution is -2.18. The van der Waals surface area contributed by atoms with Crippen LogP contribution in [0.4, 0.5) is 0 Å². The van der Waals surface area contributed by atoms with Crippen molar-refractivity contribution in [2.75, 3.05) is 0 Å². The zero-order valence-corrected chi connectivity index (χ0v) is 8.12. The van der Waals surface area contributed by atoms with Crippen molar-refractivity contribution < 1.29 is 14.8 Å². The molecule has 2 rings (SSSR count). The van der Waals surface area contributed by atoms with Crippen molar-refractivity contribution in [1.82, 2.24) is 0 Å². The van der Waals surface area contributed by atoms with Gasteiger partial charge in [-0.1, -0.05) is 35.5 Å². The van der Waals surface area contributed by atoms with Gasteiger partial charge in [0, 0.05) is 12.5 Å². The summed E-state index contributed by atoms with van der Waals surface area (Å²) in [6, 6.07) is 9.13. The Balaban J connectivity index is 2.27. The molecule has 1 atom stereocenters. The van der Waals surface area contributed by atoms with Gasteiger partial charge in [-0.25, -0.2) is 0 Å². The summed E-state index contributed by atoms with van der Waals surface area (Å²) in [5.74, 6) is 0.191. The third-order valence-electron chi connectivity index (χ3n) is 1.91. The zero-order chi connectivity index (χ0) is 10.7. The molecule has 0 amide bonds. The highest BCUT2D eigenvalue weighted by Gasteiger charge is 2.23. The number of rotatable bonds is 2. The molecule has 0 spiro atoms. The summed E-state index contributed by atoms with van der Waals surface area (Å²) in [6.07, 6.45) is -0.444. The molecule has 0 aliphatic carbocycles. The molecule has 5 heteroatoms. The Labute approximate surface area is 86.6 Å². The van der Waals surface area contributed by atoms with Crippen molar-refractivity contribution >= 4 is 11.6 Å². The molecule has 1 aromatic rings. The van der Waals surface area contributed by atoms with Gasteiger partial charge in [0.25, 0.3) is 12.2 Å². The van der Waals surface area contributed by atoms with E-state index in [2.05, 4.69) is 10.3 Å². The molecular formula is C10H10N2O3. The Bertz CT molecular complexity index is 400. The van der Waals surface area contributed by atoms with E-state index < -0.39 is 6.29 Å². The van der Waals surface area contributed by atoms with Crippen LogP contribution in [0, 0.1) is 0 Å². The first kappa shape index (κ1) is 9.51. The minimum Gasteiger partial charge on any atom is -0.432 e. The van der Waals surface area contributed by atoms with Gasteiger partial charge in [0.1, 0.15) is 0 Å². The van der Waals surface area contributed by atoms with Crippen LogP contribution in [-0.2, 0) is 9.57 Å². The maximum absolute atomic E-state index is 8.90. The van der Waals surface area contributed by atoms with Crippen molar-refractivity contribution in [3.05, 3.63) is 35.9 Å². The SMILES string of the molecule is C[C@@H]1ON=C(/C(=N\O)c2ccccc2)O1. The fourth-order valence-electron chi connectivity index (χ4n) is 1.24. The number of hydrogen-bond donors (Lipinski definition) is 1. The second kappa shape index (κ2) is 4.00. The Morgan fingerprint density at radius 1 is 1.40 bits per heavy atom. The van der Waals surface area contributed by atoms with Gasteiger partial charge in [0.2, 0.25) is 0 Å². The standard InChI is InChI=1S/C10H10N2O3/c1-7-14-10(12-15-7)9(11-13)8-5-3-2-4-6-8/h2-7,13H,1H3/b11-9-/t7-/m0/s1. The Kier molecular flexibility index (Phi) is 2.53. The minimum absolute atomic E-state index is 0.191. The Hall–Kier alpha value is -2.04. The molecule has 1 aliphatic heterocycles. The first-order chi connectivity index (χ1) is 7.31. The fourth-order valence-corrected chi connectivity index (χ4v) is 1.24. The predicted octanol–water partition coefficient (Wildman–Crippen LogP) is 1.57. The molecule has 0 radical (unpaired) electrons. The fraction of sp³-hybridized carbons (Fsp3) is 0.200. The van der Waals surface area contributed by atoms with Crippen molar-refractivity contribution in [3.8, 4) is 0 Å².